The molecule has 1 aromatic heterocycles. The normalized spacial score (nSPS) is 23.4. The molecular weight excluding hydrogens is 456 g/mol. The minimum absolute atomic E-state index is 0.000155. The molecule has 1 aromatic carbocycles. The van der Waals surface area contributed by atoms with Crippen molar-refractivity contribution in [3.05, 3.63) is 23.9 Å². The quantitative estimate of drug-likeness (QED) is 0.635. The van der Waals surface area contributed by atoms with Crippen molar-refractivity contribution in [2.24, 2.45) is 0 Å². The number of aromatic nitrogens is 1. The molecule has 5 rings (SSSR count). The van der Waals surface area contributed by atoms with Crippen molar-refractivity contribution < 1.29 is 19.1 Å². The fraction of sp³-hybridized carbons (Fsp3) is 0.607. The SMILES string of the molecule is COc1ccc2c(c1)c(NC(C)=O)c1n2C[C@@](C)(C(=O)NC2CCCCC2)N(C2CCCCC2)C1=O. The number of methoxy groups -OCH3 is 1. The molecule has 2 fully saturated rings. The van der Waals surface area contributed by atoms with E-state index in [0.29, 0.717) is 23.7 Å². The molecule has 0 unspecified atom stereocenters. The molecule has 8 heteroatoms. The van der Waals surface area contributed by atoms with Crippen LogP contribution in [0, 0.1) is 0 Å². The lowest BCUT2D eigenvalue weighted by Gasteiger charge is -2.49. The molecule has 1 aliphatic heterocycles. The molecule has 0 radical (unpaired) electrons. The van der Waals surface area contributed by atoms with E-state index in [2.05, 4.69) is 10.6 Å². The zero-order valence-electron chi connectivity index (χ0n) is 21.7. The van der Waals surface area contributed by atoms with Crippen molar-refractivity contribution in [3.8, 4) is 5.75 Å². The van der Waals surface area contributed by atoms with Crippen LogP contribution in [0.4, 0.5) is 5.69 Å². The Bertz CT molecular complexity index is 1180. The summed E-state index contributed by atoms with van der Waals surface area (Å²) in [5.41, 5.74) is 0.727. The second kappa shape index (κ2) is 9.79. The van der Waals surface area contributed by atoms with Gasteiger partial charge in [-0.3, -0.25) is 14.4 Å². The lowest BCUT2D eigenvalue weighted by molar-refractivity contribution is -0.135. The number of carbonyl (C=O) groups excluding carboxylic acids is 3. The van der Waals surface area contributed by atoms with E-state index >= 15 is 0 Å². The molecule has 3 aliphatic rings. The standard InChI is InChI=1S/C28H38N4O4/c1-18(33)29-24-22-16-21(36-3)14-15-23(22)31-17-28(2,27(35)30-19-10-6-4-7-11-19)32(26(34)25(24)31)20-12-8-5-9-13-20/h14-16,19-20H,4-13,17H2,1-3H3,(H,29,33)(H,30,35)/t28-/m0/s1. The third-order valence-corrected chi connectivity index (χ3v) is 8.36. The largest absolute Gasteiger partial charge is 0.497 e. The minimum atomic E-state index is -1.02. The summed E-state index contributed by atoms with van der Waals surface area (Å²) >= 11 is 0. The monoisotopic (exact) mass is 494 g/mol. The molecule has 0 bridgehead atoms. The Morgan fingerprint density at radius 3 is 2.33 bits per heavy atom. The molecule has 1 atom stereocenters. The summed E-state index contributed by atoms with van der Waals surface area (Å²) in [4.78, 5) is 42.5. The molecule has 2 saturated carbocycles. The maximum absolute atomic E-state index is 14.4. The first-order valence-corrected chi connectivity index (χ1v) is 13.5. The first kappa shape index (κ1) is 24.7. The van der Waals surface area contributed by atoms with Gasteiger partial charge in [-0.2, -0.15) is 0 Å². The Hall–Kier alpha value is -3.03. The van der Waals surface area contributed by atoms with Crippen LogP contribution in [0.25, 0.3) is 10.9 Å². The van der Waals surface area contributed by atoms with Gasteiger partial charge in [0.1, 0.15) is 17.0 Å². The molecule has 0 saturated heterocycles. The highest BCUT2D eigenvalue weighted by Gasteiger charge is 2.51. The van der Waals surface area contributed by atoms with E-state index < -0.39 is 5.54 Å². The average Bonchev–Trinajstić information content (AvgIpc) is 3.17. The molecule has 8 nitrogen and oxygen atoms in total. The number of anilines is 1. The number of hydrogen-bond acceptors (Lipinski definition) is 4. The van der Waals surface area contributed by atoms with Gasteiger partial charge in [0, 0.05) is 24.4 Å². The highest BCUT2D eigenvalue weighted by Crippen LogP contribution is 2.42. The molecule has 2 heterocycles. The van der Waals surface area contributed by atoms with E-state index in [1.54, 1.807) is 7.11 Å². The smallest absolute Gasteiger partial charge is 0.273 e. The van der Waals surface area contributed by atoms with E-state index in [1.807, 2.05) is 34.6 Å². The van der Waals surface area contributed by atoms with Crippen LogP contribution in [-0.4, -0.2) is 51.9 Å². The molecule has 194 valence electrons. The number of rotatable bonds is 5. The lowest BCUT2D eigenvalue weighted by atomic mass is 9.86. The second-order valence-corrected chi connectivity index (χ2v) is 10.9. The summed E-state index contributed by atoms with van der Waals surface area (Å²) in [6, 6.07) is 5.77. The number of nitrogens with zero attached hydrogens (tertiary/aromatic N) is 2. The molecule has 2 aliphatic carbocycles. The van der Waals surface area contributed by atoms with Crippen LogP contribution in [-0.2, 0) is 16.1 Å². The lowest BCUT2D eigenvalue weighted by Crippen LogP contribution is -2.67. The predicted octanol–water partition coefficient (Wildman–Crippen LogP) is 4.60. The Balaban J connectivity index is 1.64. The van der Waals surface area contributed by atoms with Gasteiger partial charge in [0.05, 0.1) is 24.9 Å². The van der Waals surface area contributed by atoms with Gasteiger partial charge < -0.3 is 24.8 Å². The van der Waals surface area contributed by atoms with Gasteiger partial charge in [-0.15, -0.1) is 0 Å². The molecule has 0 spiro atoms. The summed E-state index contributed by atoms with van der Waals surface area (Å²) in [7, 11) is 1.60. The fourth-order valence-corrected chi connectivity index (χ4v) is 6.55. The predicted molar refractivity (Wildman–Crippen MR) is 139 cm³/mol. The zero-order valence-corrected chi connectivity index (χ0v) is 21.7. The van der Waals surface area contributed by atoms with Gasteiger partial charge in [0.15, 0.2) is 0 Å². The van der Waals surface area contributed by atoms with Gasteiger partial charge in [-0.05, 0) is 50.8 Å². The summed E-state index contributed by atoms with van der Waals surface area (Å²) in [5.74, 6) is 0.142. The summed E-state index contributed by atoms with van der Waals surface area (Å²) < 4.78 is 7.37. The minimum Gasteiger partial charge on any atom is -0.497 e. The van der Waals surface area contributed by atoms with Crippen LogP contribution in [0.1, 0.15) is 88.5 Å². The van der Waals surface area contributed by atoms with E-state index in [0.717, 1.165) is 68.7 Å². The topological polar surface area (TPSA) is 92.7 Å². The van der Waals surface area contributed by atoms with E-state index in [-0.39, 0.29) is 29.8 Å². The van der Waals surface area contributed by atoms with Crippen molar-refractivity contribution in [1.29, 1.82) is 0 Å². The van der Waals surface area contributed by atoms with Gasteiger partial charge >= 0.3 is 0 Å². The highest BCUT2D eigenvalue weighted by atomic mass is 16.5. The zero-order chi connectivity index (χ0) is 25.4. The Morgan fingerprint density at radius 2 is 1.69 bits per heavy atom. The van der Waals surface area contributed by atoms with E-state index in [9.17, 15) is 14.4 Å². The number of amides is 3. The first-order valence-electron chi connectivity index (χ1n) is 13.5. The molecule has 36 heavy (non-hydrogen) atoms. The van der Waals surface area contributed by atoms with Crippen LogP contribution in [0.15, 0.2) is 18.2 Å². The van der Waals surface area contributed by atoms with Crippen LogP contribution >= 0.6 is 0 Å². The van der Waals surface area contributed by atoms with Crippen molar-refractivity contribution in [3.63, 3.8) is 0 Å². The molecule has 3 amide bonds. The van der Waals surface area contributed by atoms with Crippen LogP contribution in [0.5, 0.6) is 5.75 Å². The summed E-state index contributed by atoms with van der Waals surface area (Å²) in [6.07, 6.45) is 10.5. The molecule has 2 aromatic rings. The van der Waals surface area contributed by atoms with Crippen molar-refractivity contribution in [1.82, 2.24) is 14.8 Å². The third kappa shape index (κ3) is 4.24. The van der Waals surface area contributed by atoms with Crippen molar-refractivity contribution >= 4 is 34.3 Å². The first-order chi connectivity index (χ1) is 17.3. The van der Waals surface area contributed by atoms with E-state index in [4.69, 9.17) is 4.74 Å². The summed E-state index contributed by atoms with van der Waals surface area (Å²) in [6.45, 7) is 3.71. The van der Waals surface area contributed by atoms with Crippen molar-refractivity contribution in [2.45, 2.75) is 102 Å². The highest BCUT2D eigenvalue weighted by molar-refractivity contribution is 6.14. The van der Waals surface area contributed by atoms with Gasteiger partial charge in [0.2, 0.25) is 11.8 Å². The Morgan fingerprint density at radius 1 is 1.03 bits per heavy atom. The second-order valence-electron chi connectivity index (χ2n) is 10.9. The maximum Gasteiger partial charge on any atom is 0.273 e. The molecular formula is C28H38N4O4. The van der Waals surface area contributed by atoms with Gasteiger partial charge in [0.25, 0.3) is 5.91 Å². The Labute approximate surface area is 212 Å². The number of nitrogens with one attached hydrogen (secondary N) is 2. The Kier molecular flexibility index (Phi) is 6.70. The third-order valence-electron chi connectivity index (χ3n) is 8.36. The van der Waals surface area contributed by atoms with E-state index in [1.165, 1.54) is 13.3 Å². The summed E-state index contributed by atoms with van der Waals surface area (Å²) in [5, 5.41) is 6.98. The van der Waals surface area contributed by atoms with Crippen LogP contribution < -0.4 is 15.4 Å². The number of benzene rings is 1. The van der Waals surface area contributed by atoms with Crippen molar-refractivity contribution in [2.75, 3.05) is 12.4 Å². The maximum atomic E-state index is 14.4. The number of ether oxygens (including phenoxy) is 1. The number of carbonyl (C=O) groups is 3. The number of hydrogen-bond donors (Lipinski definition) is 2. The molecule has 2 N–H and O–H groups in total. The van der Waals surface area contributed by atoms with Gasteiger partial charge in [-0.1, -0.05) is 38.5 Å². The van der Waals surface area contributed by atoms with Crippen LogP contribution in [0.2, 0.25) is 0 Å². The van der Waals surface area contributed by atoms with Gasteiger partial charge in [-0.25, -0.2) is 0 Å². The van der Waals surface area contributed by atoms with Crippen LogP contribution in [0.3, 0.4) is 0 Å². The number of fused-ring (bicyclic) bond motifs is 3. The fourth-order valence-electron chi connectivity index (χ4n) is 6.55. The average molecular weight is 495 g/mol.